The number of benzene rings is 4. The van der Waals surface area contributed by atoms with Gasteiger partial charge in [0, 0.05) is 0 Å². The molecule has 0 amide bonds. The number of phosphoric ester groups is 1. The van der Waals surface area contributed by atoms with Gasteiger partial charge in [0.15, 0.2) is 0 Å². The molecule has 0 aliphatic rings. The molecule has 0 saturated carbocycles. The fourth-order valence-corrected chi connectivity index (χ4v) is 4.45. The van der Waals surface area contributed by atoms with Crippen LogP contribution in [-0.4, -0.2) is 0 Å². The largest absolute Gasteiger partial charge is 0.647 e. The number of hydrogen-bond donors (Lipinski definition) is 0. The van der Waals surface area contributed by atoms with Crippen LogP contribution < -0.4 is 13.6 Å². The summed E-state index contributed by atoms with van der Waals surface area (Å²) in [5.41, 5.74) is 3.08. The predicted octanol–water partition coefficient (Wildman–Crippen LogP) is 8.12. The third kappa shape index (κ3) is 5.60. The van der Waals surface area contributed by atoms with Crippen molar-refractivity contribution in [2.45, 2.75) is 19.8 Å². The Morgan fingerprint density at radius 3 is 1.53 bits per heavy atom. The van der Waals surface area contributed by atoms with E-state index in [4.69, 9.17) is 13.6 Å². The van der Waals surface area contributed by atoms with Crippen LogP contribution in [0.25, 0.3) is 11.1 Å². The monoisotopic (exact) mass is 444 g/mol. The molecule has 0 bridgehead atoms. The van der Waals surface area contributed by atoms with Crippen LogP contribution in [0.4, 0.5) is 0 Å². The highest BCUT2D eigenvalue weighted by atomic mass is 31.2. The van der Waals surface area contributed by atoms with Gasteiger partial charge in [0.2, 0.25) is 0 Å². The second-order valence-electron chi connectivity index (χ2n) is 7.66. The van der Waals surface area contributed by atoms with Crippen molar-refractivity contribution in [2.75, 3.05) is 0 Å². The van der Waals surface area contributed by atoms with E-state index in [1.165, 1.54) is 0 Å². The van der Waals surface area contributed by atoms with Crippen LogP contribution in [0.1, 0.15) is 25.3 Å². The van der Waals surface area contributed by atoms with Crippen molar-refractivity contribution in [3.8, 4) is 28.4 Å². The molecule has 4 aromatic rings. The molecular weight excluding hydrogens is 419 g/mol. The molecule has 0 aliphatic heterocycles. The van der Waals surface area contributed by atoms with Crippen molar-refractivity contribution in [3.63, 3.8) is 0 Å². The van der Waals surface area contributed by atoms with Crippen LogP contribution in [0.3, 0.4) is 0 Å². The maximum atomic E-state index is 13.8. The molecular formula is C27H25O4P. The maximum Gasteiger partial charge on any atom is 0.647 e. The average molecular weight is 444 g/mol. The van der Waals surface area contributed by atoms with E-state index in [0.717, 1.165) is 16.7 Å². The van der Waals surface area contributed by atoms with E-state index in [-0.39, 0.29) is 5.92 Å². The lowest BCUT2D eigenvalue weighted by atomic mass is 9.97. The molecule has 4 aromatic carbocycles. The minimum Gasteiger partial charge on any atom is -0.386 e. The number of phosphoric acid groups is 1. The van der Waals surface area contributed by atoms with E-state index in [9.17, 15) is 4.57 Å². The van der Waals surface area contributed by atoms with Gasteiger partial charge in [0.05, 0.1) is 0 Å². The summed E-state index contributed by atoms with van der Waals surface area (Å²) in [6.07, 6.45) is 0. The van der Waals surface area contributed by atoms with Gasteiger partial charge in [0.1, 0.15) is 17.2 Å². The zero-order valence-corrected chi connectivity index (χ0v) is 18.9. The van der Waals surface area contributed by atoms with Gasteiger partial charge in [-0.3, -0.25) is 0 Å². The molecule has 0 atom stereocenters. The minimum atomic E-state index is -4.05. The third-order valence-corrected chi connectivity index (χ3v) is 6.14. The Bertz CT molecular complexity index is 1150. The lowest BCUT2D eigenvalue weighted by molar-refractivity contribution is 0.298. The first kappa shape index (κ1) is 21.7. The molecule has 0 aliphatic carbocycles. The van der Waals surface area contributed by atoms with Crippen molar-refractivity contribution >= 4 is 7.82 Å². The van der Waals surface area contributed by atoms with Gasteiger partial charge < -0.3 is 13.6 Å². The molecule has 162 valence electrons. The molecule has 0 unspecified atom stereocenters. The van der Waals surface area contributed by atoms with Crippen LogP contribution in [0.2, 0.25) is 0 Å². The molecule has 4 nitrogen and oxygen atoms in total. The normalized spacial score (nSPS) is 11.2. The maximum absolute atomic E-state index is 13.8. The van der Waals surface area contributed by atoms with Gasteiger partial charge in [-0.1, -0.05) is 86.6 Å². The topological polar surface area (TPSA) is 44.8 Å². The fourth-order valence-electron chi connectivity index (χ4n) is 3.21. The number of para-hydroxylation sites is 2. The fraction of sp³-hybridized carbons (Fsp3) is 0.111. The molecule has 0 N–H and O–H groups in total. The first-order valence-electron chi connectivity index (χ1n) is 10.5. The Balaban J connectivity index is 1.72. The van der Waals surface area contributed by atoms with Gasteiger partial charge >= 0.3 is 7.82 Å². The zero-order chi connectivity index (χ0) is 22.4. The second kappa shape index (κ2) is 9.76. The summed E-state index contributed by atoms with van der Waals surface area (Å²) in [7, 11) is -4.05. The molecule has 0 aromatic heterocycles. The average Bonchev–Trinajstić information content (AvgIpc) is 2.80. The van der Waals surface area contributed by atoms with Crippen LogP contribution in [0.5, 0.6) is 17.2 Å². The second-order valence-corrected chi connectivity index (χ2v) is 9.10. The van der Waals surface area contributed by atoms with Crippen molar-refractivity contribution in [1.29, 1.82) is 0 Å². The summed E-state index contributed by atoms with van der Waals surface area (Å²) in [6, 6.07) is 33.6. The highest BCUT2D eigenvalue weighted by molar-refractivity contribution is 7.49. The molecule has 0 radical (unpaired) electrons. The van der Waals surface area contributed by atoms with E-state index in [0.29, 0.717) is 17.2 Å². The molecule has 4 rings (SSSR count). The Hall–Kier alpha value is -3.49. The summed E-state index contributed by atoms with van der Waals surface area (Å²) < 4.78 is 31.3. The first-order chi connectivity index (χ1) is 15.5. The van der Waals surface area contributed by atoms with Gasteiger partial charge in [0.25, 0.3) is 0 Å². The van der Waals surface area contributed by atoms with E-state index in [2.05, 4.69) is 19.9 Å². The summed E-state index contributed by atoms with van der Waals surface area (Å²) in [6.45, 7) is 4.21. The minimum absolute atomic E-state index is 0.255. The van der Waals surface area contributed by atoms with Crippen molar-refractivity contribution in [3.05, 3.63) is 115 Å². The lowest BCUT2D eigenvalue weighted by Gasteiger charge is -2.20. The molecule has 32 heavy (non-hydrogen) atoms. The van der Waals surface area contributed by atoms with E-state index in [1.54, 1.807) is 48.5 Å². The van der Waals surface area contributed by atoms with Gasteiger partial charge in [-0.2, -0.15) is 4.57 Å². The van der Waals surface area contributed by atoms with Crippen molar-refractivity contribution in [1.82, 2.24) is 0 Å². The van der Waals surface area contributed by atoms with Crippen molar-refractivity contribution < 1.29 is 18.1 Å². The smallest absolute Gasteiger partial charge is 0.386 e. The Morgan fingerprint density at radius 2 is 1.03 bits per heavy atom. The van der Waals surface area contributed by atoms with Crippen LogP contribution in [0.15, 0.2) is 109 Å². The quantitative estimate of drug-likeness (QED) is 0.257. The molecule has 0 saturated heterocycles. The Kier molecular flexibility index (Phi) is 6.63. The standard InChI is InChI=1S/C27H25O4P/c1-21(2)23-18-24(22-12-6-3-7-13-22)20-27(19-23)31-32(28,29-25-14-8-4-9-15-25)30-26-16-10-5-11-17-26/h3-21H,1-2H3. The highest BCUT2D eigenvalue weighted by Crippen LogP contribution is 2.50. The highest BCUT2D eigenvalue weighted by Gasteiger charge is 2.33. The van der Waals surface area contributed by atoms with Gasteiger partial charge in [-0.05, 0) is 59.0 Å². The van der Waals surface area contributed by atoms with E-state index < -0.39 is 7.82 Å². The summed E-state index contributed by atoms with van der Waals surface area (Å²) in [4.78, 5) is 0. The van der Waals surface area contributed by atoms with Gasteiger partial charge in [-0.25, -0.2) is 0 Å². The SMILES string of the molecule is CC(C)c1cc(OP(=O)(Oc2ccccc2)Oc2ccccc2)cc(-c2ccccc2)c1. The van der Waals surface area contributed by atoms with Gasteiger partial charge in [-0.15, -0.1) is 0 Å². The molecule has 5 heteroatoms. The zero-order valence-electron chi connectivity index (χ0n) is 18.0. The Labute approximate surface area is 189 Å². The predicted molar refractivity (Wildman–Crippen MR) is 128 cm³/mol. The number of hydrogen-bond acceptors (Lipinski definition) is 4. The third-order valence-electron chi connectivity index (χ3n) is 4.84. The van der Waals surface area contributed by atoms with Crippen LogP contribution in [0, 0.1) is 0 Å². The van der Waals surface area contributed by atoms with Crippen LogP contribution in [-0.2, 0) is 4.57 Å². The molecule has 0 fully saturated rings. The van der Waals surface area contributed by atoms with Crippen molar-refractivity contribution in [2.24, 2.45) is 0 Å². The molecule has 0 spiro atoms. The Morgan fingerprint density at radius 1 is 0.562 bits per heavy atom. The summed E-state index contributed by atoms with van der Waals surface area (Å²) in [5.74, 6) is 1.47. The van der Waals surface area contributed by atoms with Crippen LogP contribution >= 0.6 is 7.82 Å². The van der Waals surface area contributed by atoms with E-state index in [1.807, 2.05) is 54.6 Å². The summed E-state index contributed by atoms with van der Waals surface area (Å²) in [5, 5.41) is 0. The first-order valence-corrected chi connectivity index (χ1v) is 12.0. The number of rotatable bonds is 8. The lowest BCUT2D eigenvalue weighted by Crippen LogP contribution is -2.08. The summed E-state index contributed by atoms with van der Waals surface area (Å²) >= 11 is 0. The molecule has 0 heterocycles. The van der Waals surface area contributed by atoms with E-state index >= 15 is 0 Å².